The molecule has 0 saturated carbocycles. The van der Waals surface area contributed by atoms with Crippen LogP contribution in [0.3, 0.4) is 0 Å². The summed E-state index contributed by atoms with van der Waals surface area (Å²) in [7, 11) is 1.61. The molecule has 0 aliphatic heterocycles. The van der Waals surface area contributed by atoms with E-state index in [0.29, 0.717) is 17.7 Å². The number of aryl methyl sites for hydroxylation is 1. The number of benzene rings is 2. The zero-order chi connectivity index (χ0) is 15.7. The molecular formula is C19H19NO2. The molecular weight excluding hydrogens is 274 g/mol. The van der Waals surface area contributed by atoms with E-state index in [9.17, 15) is 4.79 Å². The molecule has 0 amide bonds. The minimum absolute atomic E-state index is 0.0255. The van der Waals surface area contributed by atoms with E-state index in [2.05, 4.69) is 19.6 Å². The molecule has 2 aromatic carbocycles. The number of ether oxygens (including phenoxy) is 1. The van der Waals surface area contributed by atoms with Crippen molar-refractivity contribution in [2.75, 3.05) is 7.11 Å². The van der Waals surface area contributed by atoms with Crippen molar-refractivity contribution < 1.29 is 4.74 Å². The van der Waals surface area contributed by atoms with Gasteiger partial charge in [0.15, 0.2) is 0 Å². The molecule has 0 spiro atoms. The van der Waals surface area contributed by atoms with Gasteiger partial charge in [-0.15, -0.1) is 0 Å². The zero-order valence-electron chi connectivity index (χ0n) is 12.9. The van der Waals surface area contributed by atoms with Gasteiger partial charge in [0, 0.05) is 11.9 Å². The van der Waals surface area contributed by atoms with Crippen molar-refractivity contribution in [2.24, 2.45) is 0 Å². The molecule has 0 fully saturated rings. The van der Waals surface area contributed by atoms with E-state index in [-0.39, 0.29) is 5.56 Å². The number of fused-ring (bicyclic) bond motifs is 3. The van der Waals surface area contributed by atoms with Crippen molar-refractivity contribution in [1.29, 1.82) is 0 Å². The van der Waals surface area contributed by atoms with Crippen molar-refractivity contribution in [3.05, 3.63) is 58.9 Å². The Labute approximate surface area is 129 Å². The molecule has 3 heteroatoms. The number of rotatable bonds is 4. The molecule has 112 valence electrons. The van der Waals surface area contributed by atoms with Gasteiger partial charge in [-0.3, -0.25) is 4.79 Å². The molecule has 0 atom stereocenters. The van der Waals surface area contributed by atoms with Crippen molar-refractivity contribution >= 4 is 27.8 Å². The third-order valence-corrected chi connectivity index (χ3v) is 4.00. The molecule has 0 radical (unpaired) electrons. The topological polar surface area (TPSA) is 31.2 Å². The molecule has 0 saturated heterocycles. The molecule has 0 unspecified atom stereocenters. The Morgan fingerprint density at radius 1 is 1.18 bits per heavy atom. The Bertz CT molecular complexity index is 922. The van der Waals surface area contributed by atoms with Crippen LogP contribution >= 0.6 is 0 Å². The summed E-state index contributed by atoms with van der Waals surface area (Å²) in [6.07, 6.45) is 2.71. The SMILES string of the molecule is C=Cc1cccc2c3ccc(OC)cc3c(=O)n(CCC)c12. The first kappa shape index (κ1) is 14.4. The van der Waals surface area contributed by atoms with E-state index >= 15 is 0 Å². The Balaban J connectivity index is 2.57. The molecule has 1 aromatic heterocycles. The second kappa shape index (κ2) is 5.68. The molecule has 3 aromatic rings. The molecule has 3 rings (SSSR count). The maximum Gasteiger partial charge on any atom is 0.259 e. The highest BCUT2D eigenvalue weighted by molar-refractivity contribution is 6.08. The number of aromatic nitrogens is 1. The molecule has 0 aliphatic rings. The average Bonchev–Trinajstić information content (AvgIpc) is 2.57. The summed E-state index contributed by atoms with van der Waals surface area (Å²) in [5, 5.41) is 2.72. The maximum atomic E-state index is 12.9. The van der Waals surface area contributed by atoms with E-state index in [1.807, 2.05) is 41.0 Å². The summed E-state index contributed by atoms with van der Waals surface area (Å²) in [6, 6.07) is 11.7. The first-order chi connectivity index (χ1) is 10.7. The number of pyridine rings is 1. The maximum absolute atomic E-state index is 12.9. The second-order valence-corrected chi connectivity index (χ2v) is 5.32. The van der Waals surface area contributed by atoms with Crippen LogP contribution in [-0.2, 0) is 6.54 Å². The lowest BCUT2D eigenvalue weighted by Crippen LogP contribution is -2.21. The summed E-state index contributed by atoms with van der Waals surface area (Å²) in [5.74, 6) is 0.701. The van der Waals surface area contributed by atoms with Crippen molar-refractivity contribution in [3.8, 4) is 5.75 Å². The van der Waals surface area contributed by atoms with Crippen molar-refractivity contribution in [2.45, 2.75) is 19.9 Å². The van der Waals surface area contributed by atoms with Crippen LogP contribution in [0.25, 0.3) is 27.8 Å². The Morgan fingerprint density at radius 2 is 2.00 bits per heavy atom. The minimum Gasteiger partial charge on any atom is -0.497 e. The van der Waals surface area contributed by atoms with E-state index in [4.69, 9.17) is 4.74 Å². The van der Waals surface area contributed by atoms with Gasteiger partial charge in [-0.2, -0.15) is 0 Å². The van der Waals surface area contributed by atoms with Crippen LogP contribution in [0.4, 0.5) is 0 Å². The first-order valence-electron chi connectivity index (χ1n) is 7.47. The van der Waals surface area contributed by atoms with Gasteiger partial charge >= 0.3 is 0 Å². The highest BCUT2D eigenvalue weighted by atomic mass is 16.5. The Hall–Kier alpha value is -2.55. The Morgan fingerprint density at radius 3 is 2.68 bits per heavy atom. The quantitative estimate of drug-likeness (QED) is 0.674. The van der Waals surface area contributed by atoms with Crippen LogP contribution in [0.1, 0.15) is 18.9 Å². The van der Waals surface area contributed by atoms with Gasteiger partial charge < -0.3 is 9.30 Å². The van der Waals surface area contributed by atoms with Gasteiger partial charge in [0.2, 0.25) is 0 Å². The fourth-order valence-corrected chi connectivity index (χ4v) is 2.99. The molecule has 0 bridgehead atoms. The van der Waals surface area contributed by atoms with Crippen LogP contribution in [-0.4, -0.2) is 11.7 Å². The fourth-order valence-electron chi connectivity index (χ4n) is 2.99. The van der Waals surface area contributed by atoms with Crippen LogP contribution < -0.4 is 10.3 Å². The van der Waals surface area contributed by atoms with Gasteiger partial charge in [-0.25, -0.2) is 0 Å². The van der Waals surface area contributed by atoms with Crippen LogP contribution in [0.2, 0.25) is 0 Å². The third kappa shape index (κ3) is 2.10. The summed E-state index contributed by atoms with van der Waals surface area (Å²) in [4.78, 5) is 12.9. The van der Waals surface area contributed by atoms with Gasteiger partial charge in [0.1, 0.15) is 5.75 Å². The summed E-state index contributed by atoms with van der Waals surface area (Å²) >= 11 is 0. The minimum atomic E-state index is 0.0255. The van der Waals surface area contributed by atoms with E-state index in [0.717, 1.165) is 28.3 Å². The summed E-state index contributed by atoms with van der Waals surface area (Å²) in [5.41, 5.74) is 1.97. The second-order valence-electron chi connectivity index (χ2n) is 5.32. The lowest BCUT2D eigenvalue weighted by atomic mass is 10.0. The molecule has 1 heterocycles. The summed E-state index contributed by atoms with van der Waals surface area (Å²) in [6.45, 7) is 6.65. The predicted octanol–water partition coefficient (Wildman–Crippen LogP) is 4.22. The van der Waals surface area contributed by atoms with Crippen LogP contribution in [0.15, 0.2) is 47.8 Å². The monoisotopic (exact) mass is 293 g/mol. The van der Waals surface area contributed by atoms with Gasteiger partial charge in [-0.05, 0) is 35.6 Å². The van der Waals surface area contributed by atoms with Crippen LogP contribution in [0.5, 0.6) is 5.75 Å². The fraction of sp³-hybridized carbons (Fsp3) is 0.211. The van der Waals surface area contributed by atoms with Gasteiger partial charge in [-0.1, -0.05) is 37.8 Å². The number of hydrogen-bond acceptors (Lipinski definition) is 2. The number of para-hydroxylation sites is 1. The van der Waals surface area contributed by atoms with Gasteiger partial charge in [0.05, 0.1) is 18.0 Å². The normalized spacial score (nSPS) is 11.0. The zero-order valence-corrected chi connectivity index (χ0v) is 12.9. The van der Waals surface area contributed by atoms with E-state index < -0.39 is 0 Å². The number of methoxy groups -OCH3 is 1. The number of hydrogen-bond donors (Lipinski definition) is 0. The summed E-state index contributed by atoms with van der Waals surface area (Å²) < 4.78 is 7.13. The molecule has 3 nitrogen and oxygen atoms in total. The molecule has 0 aliphatic carbocycles. The lowest BCUT2D eigenvalue weighted by molar-refractivity contribution is 0.415. The third-order valence-electron chi connectivity index (χ3n) is 4.00. The molecule has 0 N–H and O–H groups in total. The highest BCUT2D eigenvalue weighted by Gasteiger charge is 2.13. The molecule has 22 heavy (non-hydrogen) atoms. The van der Waals surface area contributed by atoms with Crippen molar-refractivity contribution in [3.63, 3.8) is 0 Å². The number of nitrogens with zero attached hydrogens (tertiary/aromatic N) is 1. The largest absolute Gasteiger partial charge is 0.497 e. The van der Waals surface area contributed by atoms with E-state index in [1.54, 1.807) is 7.11 Å². The predicted molar refractivity (Wildman–Crippen MR) is 92.6 cm³/mol. The standard InChI is InChI=1S/C19H19NO2/c1-4-11-20-18-13(5-2)7-6-8-16(18)15-10-9-14(22-3)12-17(15)19(20)21/h5-10,12H,2,4,11H2,1,3H3. The van der Waals surface area contributed by atoms with E-state index in [1.165, 1.54) is 0 Å². The first-order valence-corrected chi connectivity index (χ1v) is 7.47. The lowest BCUT2D eigenvalue weighted by Gasteiger charge is -2.15. The average molecular weight is 293 g/mol. The highest BCUT2D eigenvalue weighted by Crippen LogP contribution is 2.28. The smallest absolute Gasteiger partial charge is 0.259 e. The van der Waals surface area contributed by atoms with Crippen molar-refractivity contribution in [1.82, 2.24) is 4.57 Å². The van der Waals surface area contributed by atoms with Crippen LogP contribution in [0, 0.1) is 0 Å². The van der Waals surface area contributed by atoms with Gasteiger partial charge in [0.25, 0.3) is 5.56 Å². The Kier molecular flexibility index (Phi) is 3.72.